The molecule has 0 aromatic carbocycles. The molecule has 17 heavy (non-hydrogen) atoms. The fourth-order valence-corrected chi connectivity index (χ4v) is 1.37. The van der Waals surface area contributed by atoms with Gasteiger partial charge >= 0.3 is 5.97 Å². The van der Waals surface area contributed by atoms with Crippen LogP contribution >= 0.6 is 0 Å². The molecule has 0 saturated heterocycles. The molecule has 5 nitrogen and oxygen atoms in total. The summed E-state index contributed by atoms with van der Waals surface area (Å²) >= 11 is 0. The minimum atomic E-state index is -0.703. The van der Waals surface area contributed by atoms with Crippen molar-refractivity contribution in [2.45, 2.75) is 32.1 Å². The zero-order valence-corrected chi connectivity index (χ0v) is 10.7. The number of carboxylic acids is 1. The predicted molar refractivity (Wildman–Crippen MR) is 66.3 cm³/mol. The summed E-state index contributed by atoms with van der Waals surface area (Å²) in [4.78, 5) is 10.2. The molecule has 0 unspecified atom stereocenters. The molecular formula is C12H25NO4. The van der Waals surface area contributed by atoms with Gasteiger partial charge in [-0.05, 0) is 32.4 Å². The first-order chi connectivity index (χ1) is 8.27. The quantitative estimate of drug-likeness (QED) is 0.480. The van der Waals surface area contributed by atoms with E-state index in [4.69, 9.17) is 14.6 Å². The minimum Gasteiger partial charge on any atom is -0.481 e. The summed E-state index contributed by atoms with van der Waals surface area (Å²) in [7, 11) is 1.66. The Kier molecular flexibility index (Phi) is 12.9. The highest BCUT2D eigenvalue weighted by molar-refractivity contribution is 5.66. The van der Waals surface area contributed by atoms with Crippen LogP contribution in [0.5, 0.6) is 0 Å². The fraction of sp³-hybridized carbons (Fsp3) is 0.917. The normalized spacial score (nSPS) is 10.6. The number of carboxylic acid groups (broad SMARTS) is 1. The maximum absolute atomic E-state index is 10.2. The Bertz CT molecular complexity index is 176. The van der Waals surface area contributed by atoms with E-state index in [0.29, 0.717) is 13.2 Å². The highest BCUT2D eigenvalue weighted by Crippen LogP contribution is 1.98. The van der Waals surface area contributed by atoms with Gasteiger partial charge in [-0.25, -0.2) is 0 Å². The molecule has 102 valence electrons. The molecule has 0 aliphatic carbocycles. The Morgan fingerprint density at radius 2 is 1.82 bits per heavy atom. The number of carbonyl (C=O) groups is 1. The van der Waals surface area contributed by atoms with E-state index in [9.17, 15) is 4.79 Å². The van der Waals surface area contributed by atoms with Crippen LogP contribution < -0.4 is 5.32 Å². The van der Waals surface area contributed by atoms with Crippen molar-refractivity contribution < 1.29 is 19.4 Å². The third-order valence-electron chi connectivity index (χ3n) is 2.32. The van der Waals surface area contributed by atoms with Gasteiger partial charge in [-0.15, -0.1) is 0 Å². The van der Waals surface area contributed by atoms with E-state index in [1.807, 2.05) is 0 Å². The van der Waals surface area contributed by atoms with Crippen LogP contribution in [-0.4, -0.2) is 51.1 Å². The summed E-state index contributed by atoms with van der Waals surface area (Å²) in [6.07, 6.45) is 4.07. The first kappa shape index (κ1) is 16.4. The monoisotopic (exact) mass is 247 g/mol. The second-order valence-electron chi connectivity index (χ2n) is 3.91. The molecule has 0 fully saturated rings. The van der Waals surface area contributed by atoms with Crippen molar-refractivity contribution in [2.24, 2.45) is 0 Å². The molecule has 0 heterocycles. The van der Waals surface area contributed by atoms with Gasteiger partial charge in [0, 0.05) is 20.1 Å². The maximum atomic E-state index is 10.2. The fourth-order valence-electron chi connectivity index (χ4n) is 1.37. The van der Waals surface area contributed by atoms with E-state index in [2.05, 4.69) is 5.32 Å². The molecule has 0 aromatic rings. The molecule has 0 bridgehead atoms. The zero-order valence-electron chi connectivity index (χ0n) is 10.7. The van der Waals surface area contributed by atoms with Gasteiger partial charge in [-0.3, -0.25) is 4.79 Å². The van der Waals surface area contributed by atoms with Crippen molar-refractivity contribution in [1.82, 2.24) is 5.32 Å². The first-order valence-electron chi connectivity index (χ1n) is 6.26. The number of nitrogens with one attached hydrogen (secondary N) is 1. The maximum Gasteiger partial charge on any atom is 0.303 e. The molecule has 0 radical (unpaired) electrons. The van der Waals surface area contributed by atoms with Gasteiger partial charge in [-0.1, -0.05) is 6.42 Å². The molecule has 0 aliphatic rings. The van der Waals surface area contributed by atoms with Crippen molar-refractivity contribution in [3.8, 4) is 0 Å². The van der Waals surface area contributed by atoms with Crippen LogP contribution in [0.2, 0.25) is 0 Å². The van der Waals surface area contributed by atoms with Crippen molar-refractivity contribution in [1.29, 1.82) is 0 Å². The van der Waals surface area contributed by atoms with Crippen LogP contribution in [0, 0.1) is 0 Å². The van der Waals surface area contributed by atoms with Gasteiger partial charge in [0.15, 0.2) is 0 Å². The minimum absolute atomic E-state index is 0.285. The van der Waals surface area contributed by atoms with E-state index in [1.165, 1.54) is 0 Å². The smallest absolute Gasteiger partial charge is 0.303 e. The number of hydrogen-bond acceptors (Lipinski definition) is 4. The lowest BCUT2D eigenvalue weighted by molar-refractivity contribution is -0.137. The van der Waals surface area contributed by atoms with E-state index in [0.717, 1.165) is 45.4 Å². The summed E-state index contributed by atoms with van der Waals surface area (Å²) in [5, 5.41) is 11.7. The number of methoxy groups -OCH3 is 1. The summed E-state index contributed by atoms with van der Waals surface area (Å²) in [6, 6.07) is 0. The molecule has 0 aromatic heterocycles. The molecule has 5 heteroatoms. The number of aliphatic carboxylic acids is 1. The van der Waals surface area contributed by atoms with Crippen LogP contribution in [-0.2, 0) is 14.3 Å². The Balaban J connectivity index is 2.91. The average molecular weight is 247 g/mol. The topological polar surface area (TPSA) is 67.8 Å². The van der Waals surface area contributed by atoms with Gasteiger partial charge in [0.05, 0.1) is 13.2 Å². The summed E-state index contributed by atoms with van der Waals surface area (Å²) in [5.41, 5.74) is 0. The third-order valence-corrected chi connectivity index (χ3v) is 2.32. The largest absolute Gasteiger partial charge is 0.481 e. The summed E-state index contributed by atoms with van der Waals surface area (Å²) < 4.78 is 10.2. The van der Waals surface area contributed by atoms with Gasteiger partial charge < -0.3 is 19.9 Å². The van der Waals surface area contributed by atoms with E-state index >= 15 is 0 Å². The lowest BCUT2D eigenvalue weighted by atomic mass is 10.2. The SMILES string of the molecule is COCCOCCCNCCCCCC(=O)O. The molecular weight excluding hydrogens is 222 g/mol. The lowest BCUT2D eigenvalue weighted by Crippen LogP contribution is -2.18. The molecule has 0 spiro atoms. The number of hydrogen-bond donors (Lipinski definition) is 2. The molecule has 0 rings (SSSR count). The van der Waals surface area contributed by atoms with E-state index < -0.39 is 5.97 Å². The van der Waals surface area contributed by atoms with Gasteiger partial charge in [0.25, 0.3) is 0 Å². The number of rotatable bonds is 13. The third kappa shape index (κ3) is 15.4. The zero-order chi connectivity index (χ0) is 12.8. The number of ether oxygens (including phenoxy) is 2. The Morgan fingerprint density at radius 3 is 2.53 bits per heavy atom. The van der Waals surface area contributed by atoms with Gasteiger partial charge in [0.1, 0.15) is 0 Å². The summed E-state index contributed by atoms with van der Waals surface area (Å²) in [6.45, 7) is 3.97. The van der Waals surface area contributed by atoms with E-state index in [1.54, 1.807) is 7.11 Å². The predicted octanol–water partition coefficient (Wildman–Crippen LogP) is 1.27. The second kappa shape index (κ2) is 13.4. The van der Waals surface area contributed by atoms with Crippen LogP contribution in [0.1, 0.15) is 32.1 Å². The van der Waals surface area contributed by atoms with Crippen LogP contribution in [0.15, 0.2) is 0 Å². The molecule has 0 saturated carbocycles. The van der Waals surface area contributed by atoms with Crippen LogP contribution in [0.3, 0.4) is 0 Å². The second-order valence-corrected chi connectivity index (χ2v) is 3.91. The summed E-state index contributed by atoms with van der Waals surface area (Å²) in [5.74, 6) is -0.703. The van der Waals surface area contributed by atoms with Crippen molar-refractivity contribution >= 4 is 5.97 Å². The van der Waals surface area contributed by atoms with Crippen molar-refractivity contribution in [2.75, 3.05) is 40.0 Å². The van der Waals surface area contributed by atoms with Gasteiger partial charge in [0.2, 0.25) is 0 Å². The lowest BCUT2D eigenvalue weighted by Gasteiger charge is -2.05. The van der Waals surface area contributed by atoms with Crippen LogP contribution in [0.25, 0.3) is 0 Å². The molecule has 0 amide bonds. The highest BCUT2D eigenvalue weighted by atomic mass is 16.5. The van der Waals surface area contributed by atoms with E-state index in [-0.39, 0.29) is 6.42 Å². The van der Waals surface area contributed by atoms with Gasteiger partial charge in [-0.2, -0.15) is 0 Å². The Labute approximate surface area is 103 Å². The average Bonchev–Trinajstić information content (AvgIpc) is 2.30. The number of unbranched alkanes of at least 4 members (excludes halogenated alkanes) is 2. The van der Waals surface area contributed by atoms with Crippen molar-refractivity contribution in [3.63, 3.8) is 0 Å². The highest BCUT2D eigenvalue weighted by Gasteiger charge is 1.96. The van der Waals surface area contributed by atoms with Crippen LogP contribution in [0.4, 0.5) is 0 Å². The Hall–Kier alpha value is -0.650. The molecule has 2 N–H and O–H groups in total. The standard InChI is InChI=1S/C12H25NO4/c1-16-10-11-17-9-5-8-13-7-4-2-3-6-12(14)15/h13H,2-11H2,1H3,(H,14,15). The van der Waals surface area contributed by atoms with Crippen molar-refractivity contribution in [3.05, 3.63) is 0 Å². The first-order valence-corrected chi connectivity index (χ1v) is 6.26. The molecule has 0 aliphatic heterocycles. The molecule has 0 atom stereocenters. The Morgan fingerprint density at radius 1 is 1.06 bits per heavy atom.